The lowest BCUT2D eigenvalue weighted by Gasteiger charge is -2.24. The van der Waals surface area contributed by atoms with Crippen LogP contribution in [-0.4, -0.2) is 68.3 Å². The van der Waals surface area contributed by atoms with Gasteiger partial charge in [0.25, 0.3) is 5.91 Å². The lowest BCUT2D eigenvalue weighted by atomic mass is 10.2. The van der Waals surface area contributed by atoms with Gasteiger partial charge < -0.3 is 25.0 Å². The summed E-state index contributed by atoms with van der Waals surface area (Å²) in [5.74, 6) is 0.679. The van der Waals surface area contributed by atoms with Crippen LogP contribution in [0.3, 0.4) is 0 Å². The molecular formula is C17H24ClN3O4. The van der Waals surface area contributed by atoms with E-state index in [1.807, 2.05) is 30.3 Å². The normalized spacial score (nSPS) is 23.0. The summed E-state index contributed by atoms with van der Waals surface area (Å²) in [6, 6.07) is 9.34. The van der Waals surface area contributed by atoms with Gasteiger partial charge in [-0.15, -0.1) is 12.4 Å². The molecule has 0 saturated carbocycles. The lowest BCUT2D eigenvalue weighted by molar-refractivity contribution is -0.134. The third-order valence-electron chi connectivity index (χ3n) is 4.15. The standard InChI is InChI=1S/C17H23N3O4.ClH/c21-16-10-13(19-17(22)15-11-18-6-8-24-15)12-20(16)7-9-23-14-4-2-1-3-5-14;/h1-5,13,15,18H,6-12H2,(H,19,22);1H. The van der Waals surface area contributed by atoms with Gasteiger partial charge in [0.2, 0.25) is 5.91 Å². The summed E-state index contributed by atoms with van der Waals surface area (Å²) in [5, 5.41) is 6.03. The minimum atomic E-state index is -0.468. The van der Waals surface area contributed by atoms with Gasteiger partial charge in [0.15, 0.2) is 0 Å². The van der Waals surface area contributed by atoms with Crippen LogP contribution in [0.5, 0.6) is 5.75 Å². The number of likely N-dealkylation sites (tertiary alicyclic amines) is 1. The average Bonchev–Trinajstić information content (AvgIpc) is 2.96. The minimum absolute atomic E-state index is 0. The molecule has 0 aliphatic carbocycles. The van der Waals surface area contributed by atoms with Gasteiger partial charge in [0.1, 0.15) is 18.5 Å². The summed E-state index contributed by atoms with van der Waals surface area (Å²) < 4.78 is 11.0. The number of carbonyl (C=O) groups excluding carboxylic acids is 2. The SMILES string of the molecule is Cl.O=C(NC1CC(=O)N(CCOc2ccccc2)C1)C1CNCCO1. The fourth-order valence-electron chi connectivity index (χ4n) is 2.90. The Morgan fingerprint density at radius 3 is 2.88 bits per heavy atom. The first-order chi connectivity index (χ1) is 11.7. The smallest absolute Gasteiger partial charge is 0.250 e. The summed E-state index contributed by atoms with van der Waals surface area (Å²) in [6.07, 6.45) is -0.138. The molecule has 2 atom stereocenters. The third-order valence-corrected chi connectivity index (χ3v) is 4.15. The van der Waals surface area contributed by atoms with E-state index < -0.39 is 6.10 Å². The lowest BCUT2D eigenvalue weighted by Crippen LogP contribution is -2.50. The number of amides is 2. The Morgan fingerprint density at radius 1 is 1.36 bits per heavy atom. The Bertz CT molecular complexity index is 566. The van der Waals surface area contributed by atoms with Crippen molar-refractivity contribution in [1.82, 2.24) is 15.5 Å². The van der Waals surface area contributed by atoms with Gasteiger partial charge in [-0.05, 0) is 12.1 Å². The maximum atomic E-state index is 12.1. The second-order valence-corrected chi connectivity index (χ2v) is 5.97. The molecule has 0 aromatic heterocycles. The van der Waals surface area contributed by atoms with Crippen molar-refractivity contribution in [3.8, 4) is 5.75 Å². The molecule has 3 rings (SSSR count). The molecule has 2 aliphatic heterocycles. The summed E-state index contributed by atoms with van der Waals surface area (Å²) in [7, 11) is 0. The monoisotopic (exact) mass is 369 g/mol. The van der Waals surface area contributed by atoms with Crippen LogP contribution in [0, 0.1) is 0 Å². The van der Waals surface area contributed by atoms with Crippen LogP contribution in [0.25, 0.3) is 0 Å². The second-order valence-electron chi connectivity index (χ2n) is 5.97. The minimum Gasteiger partial charge on any atom is -0.492 e. The zero-order chi connectivity index (χ0) is 16.8. The number of benzene rings is 1. The van der Waals surface area contributed by atoms with Crippen LogP contribution in [0.1, 0.15) is 6.42 Å². The van der Waals surface area contributed by atoms with Crippen LogP contribution < -0.4 is 15.4 Å². The third kappa shape index (κ3) is 5.59. The summed E-state index contributed by atoms with van der Waals surface area (Å²) in [5.41, 5.74) is 0. The van der Waals surface area contributed by atoms with E-state index in [0.29, 0.717) is 39.3 Å². The molecule has 138 valence electrons. The molecule has 0 radical (unpaired) electrons. The van der Waals surface area contributed by atoms with Gasteiger partial charge in [-0.2, -0.15) is 0 Å². The highest BCUT2D eigenvalue weighted by molar-refractivity contribution is 5.85. The van der Waals surface area contributed by atoms with Crippen molar-refractivity contribution in [1.29, 1.82) is 0 Å². The number of rotatable bonds is 6. The van der Waals surface area contributed by atoms with Crippen molar-refractivity contribution in [3.05, 3.63) is 30.3 Å². The number of halogens is 1. The van der Waals surface area contributed by atoms with Crippen molar-refractivity contribution < 1.29 is 19.1 Å². The first-order valence-corrected chi connectivity index (χ1v) is 8.30. The number of carbonyl (C=O) groups is 2. The Balaban J connectivity index is 0.00000225. The molecule has 2 aliphatic rings. The summed E-state index contributed by atoms with van der Waals surface area (Å²) in [6.45, 7) is 3.28. The molecule has 8 heteroatoms. The number of hydrogen-bond donors (Lipinski definition) is 2. The van der Waals surface area contributed by atoms with E-state index in [1.54, 1.807) is 4.90 Å². The molecule has 1 aromatic carbocycles. The molecule has 1 aromatic rings. The molecule has 0 spiro atoms. The van der Waals surface area contributed by atoms with Crippen LogP contribution in [0.15, 0.2) is 30.3 Å². The highest BCUT2D eigenvalue weighted by Crippen LogP contribution is 2.13. The van der Waals surface area contributed by atoms with Crippen LogP contribution >= 0.6 is 12.4 Å². The first kappa shape index (κ1) is 19.5. The average molecular weight is 370 g/mol. The van der Waals surface area contributed by atoms with E-state index in [-0.39, 0.29) is 30.3 Å². The van der Waals surface area contributed by atoms with Crippen molar-refractivity contribution in [2.24, 2.45) is 0 Å². The Labute approximate surface area is 153 Å². The highest BCUT2D eigenvalue weighted by Gasteiger charge is 2.32. The molecule has 2 fully saturated rings. The maximum Gasteiger partial charge on any atom is 0.250 e. The van der Waals surface area contributed by atoms with Crippen molar-refractivity contribution >= 4 is 24.2 Å². The Hall–Kier alpha value is -1.83. The number of nitrogens with zero attached hydrogens (tertiary/aromatic N) is 1. The van der Waals surface area contributed by atoms with E-state index in [2.05, 4.69) is 10.6 Å². The summed E-state index contributed by atoms with van der Waals surface area (Å²) >= 11 is 0. The molecular weight excluding hydrogens is 346 g/mol. The van der Waals surface area contributed by atoms with E-state index in [1.165, 1.54) is 0 Å². The van der Waals surface area contributed by atoms with Crippen LogP contribution in [-0.2, 0) is 14.3 Å². The molecule has 7 nitrogen and oxygen atoms in total. The molecule has 2 amide bonds. The number of nitrogens with one attached hydrogen (secondary N) is 2. The maximum absolute atomic E-state index is 12.1. The quantitative estimate of drug-likeness (QED) is 0.748. The Morgan fingerprint density at radius 2 is 2.16 bits per heavy atom. The predicted molar refractivity (Wildman–Crippen MR) is 94.9 cm³/mol. The Kier molecular flexibility index (Phi) is 7.49. The zero-order valence-electron chi connectivity index (χ0n) is 14.0. The number of morpholine rings is 1. The molecule has 0 bridgehead atoms. The van der Waals surface area contributed by atoms with Gasteiger partial charge in [0, 0.05) is 26.1 Å². The fraction of sp³-hybridized carbons (Fsp3) is 0.529. The molecule has 2 heterocycles. The van der Waals surface area contributed by atoms with Crippen LogP contribution in [0.4, 0.5) is 0 Å². The van der Waals surface area contributed by atoms with E-state index in [9.17, 15) is 9.59 Å². The van der Waals surface area contributed by atoms with Gasteiger partial charge >= 0.3 is 0 Å². The molecule has 2 N–H and O–H groups in total. The van der Waals surface area contributed by atoms with Crippen molar-refractivity contribution in [3.63, 3.8) is 0 Å². The van der Waals surface area contributed by atoms with E-state index >= 15 is 0 Å². The second kappa shape index (κ2) is 9.60. The number of ether oxygens (including phenoxy) is 2. The largest absolute Gasteiger partial charge is 0.492 e. The number of hydrogen-bond acceptors (Lipinski definition) is 5. The highest BCUT2D eigenvalue weighted by atomic mass is 35.5. The predicted octanol–water partition coefficient (Wildman–Crippen LogP) is 0.193. The van der Waals surface area contributed by atoms with Gasteiger partial charge in [-0.3, -0.25) is 9.59 Å². The summed E-state index contributed by atoms with van der Waals surface area (Å²) in [4.78, 5) is 25.9. The first-order valence-electron chi connectivity index (χ1n) is 8.30. The molecule has 2 unspecified atom stereocenters. The van der Waals surface area contributed by atoms with Crippen molar-refractivity contribution in [2.75, 3.05) is 39.4 Å². The van der Waals surface area contributed by atoms with Crippen molar-refractivity contribution in [2.45, 2.75) is 18.6 Å². The van der Waals surface area contributed by atoms with Crippen LogP contribution in [0.2, 0.25) is 0 Å². The number of para-hydroxylation sites is 1. The molecule has 25 heavy (non-hydrogen) atoms. The zero-order valence-corrected chi connectivity index (χ0v) is 14.8. The van der Waals surface area contributed by atoms with Gasteiger partial charge in [0.05, 0.1) is 19.2 Å². The van der Waals surface area contributed by atoms with Gasteiger partial charge in [-0.1, -0.05) is 18.2 Å². The van der Waals surface area contributed by atoms with E-state index in [0.717, 1.165) is 12.3 Å². The van der Waals surface area contributed by atoms with Gasteiger partial charge in [-0.25, -0.2) is 0 Å². The fourth-order valence-corrected chi connectivity index (χ4v) is 2.90. The van der Waals surface area contributed by atoms with E-state index in [4.69, 9.17) is 9.47 Å². The topological polar surface area (TPSA) is 79.9 Å². The molecule has 2 saturated heterocycles.